The molecule has 3 atom stereocenters. The number of nitrogens with one attached hydrogen (secondary N) is 2. The summed E-state index contributed by atoms with van der Waals surface area (Å²) in [6.45, 7) is 1.86. The minimum Gasteiger partial charge on any atom is -0.493 e. The van der Waals surface area contributed by atoms with Crippen LogP contribution in [-0.4, -0.2) is 23.9 Å². The highest BCUT2D eigenvalue weighted by Gasteiger charge is 2.59. The SMILES string of the molecule is COc1cccc2c1O[C@@]1(C)[C@@H](C(=O)Nc3ccc(Cl)cc3)[C@H]2NC(=S)N1c1ccc(Cl)cc1. The fraction of sp³-hybridized carbons (Fsp3) is 0.200. The molecule has 2 bridgehead atoms. The molecule has 0 unspecified atom stereocenters. The summed E-state index contributed by atoms with van der Waals surface area (Å²) in [6, 6.07) is 19.4. The van der Waals surface area contributed by atoms with Crippen molar-refractivity contribution in [2.75, 3.05) is 17.3 Å². The molecular weight excluding hydrogens is 493 g/mol. The number of fused-ring (bicyclic) bond motifs is 4. The predicted molar refractivity (Wildman–Crippen MR) is 138 cm³/mol. The van der Waals surface area contributed by atoms with E-state index in [0.29, 0.717) is 32.3 Å². The van der Waals surface area contributed by atoms with Crippen LogP contribution in [0, 0.1) is 5.92 Å². The summed E-state index contributed by atoms with van der Waals surface area (Å²) in [6.07, 6.45) is 0. The zero-order valence-electron chi connectivity index (χ0n) is 18.3. The Morgan fingerprint density at radius 1 is 1.09 bits per heavy atom. The topological polar surface area (TPSA) is 62.8 Å². The van der Waals surface area contributed by atoms with Crippen molar-refractivity contribution in [3.63, 3.8) is 0 Å². The van der Waals surface area contributed by atoms with Crippen LogP contribution in [0.25, 0.3) is 0 Å². The lowest BCUT2D eigenvalue weighted by Crippen LogP contribution is -2.72. The van der Waals surface area contributed by atoms with E-state index < -0.39 is 17.7 Å². The molecule has 6 nitrogen and oxygen atoms in total. The molecule has 1 fully saturated rings. The summed E-state index contributed by atoms with van der Waals surface area (Å²) < 4.78 is 12.2. The molecule has 0 aromatic heterocycles. The molecule has 0 spiro atoms. The third kappa shape index (κ3) is 3.74. The van der Waals surface area contributed by atoms with Crippen molar-refractivity contribution in [1.29, 1.82) is 0 Å². The number of nitrogens with zero attached hydrogens (tertiary/aromatic N) is 1. The Balaban J connectivity index is 1.64. The van der Waals surface area contributed by atoms with Crippen molar-refractivity contribution >= 4 is 57.8 Å². The van der Waals surface area contributed by atoms with Crippen LogP contribution in [0.1, 0.15) is 18.5 Å². The monoisotopic (exact) mass is 513 g/mol. The van der Waals surface area contributed by atoms with E-state index in [9.17, 15) is 4.79 Å². The van der Waals surface area contributed by atoms with E-state index in [-0.39, 0.29) is 5.91 Å². The van der Waals surface area contributed by atoms with Gasteiger partial charge in [0, 0.05) is 27.0 Å². The van der Waals surface area contributed by atoms with Crippen LogP contribution < -0.4 is 25.0 Å². The zero-order valence-corrected chi connectivity index (χ0v) is 20.7. The van der Waals surface area contributed by atoms with Crippen molar-refractivity contribution in [2.45, 2.75) is 18.7 Å². The van der Waals surface area contributed by atoms with Gasteiger partial charge in [-0.25, -0.2) is 0 Å². The second-order valence-corrected chi connectivity index (χ2v) is 9.51. The average molecular weight is 514 g/mol. The Bertz CT molecular complexity index is 1270. The maximum Gasteiger partial charge on any atom is 0.236 e. The molecule has 2 aliphatic rings. The highest BCUT2D eigenvalue weighted by Crippen LogP contribution is 2.52. The molecule has 2 N–H and O–H groups in total. The van der Waals surface area contributed by atoms with Gasteiger partial charge in [0.2, 0.25) is 5.91 Å². The highest BCUT2D eigenvalue weighted by molar-refractivity contribution is 7.80. The second kappa shape index (κ2) is 8.65. The number of ether oxygens (including phenoxy) is 2. The largest absolute Gasteiger partial charge is 0.493 e. The first-order valence-electron chi connectivity index (χ1n) is 10.6. The minimum absolute atomic E-state index is 0.225. The Kier molecular flexibility index (Phi) is 5.80. The lowest BCUT2D eigenvalue weighted by molar-refractivity contribution is -0.130. The molecule has 0 radical (unpaired) electrons. The molecule has 3 aromatic carbocycles. The van der Waals surface area contributed by atoms with Gasteiger partial charge >= 0.3 is 0 Å². The van der Waals surface area contributed by atoms with Gasteiger partial charge in [0.25, 0.3) is 0 Å². The van der Waals surface area contributed by atoms with Crippen molar-refractivity contribution in [3.05, 3.63) is 82.3 Å². The van der Waals surface area contributed by atoms with E-state index in [1.165, 1.54) is 0 Å². The summed E-state index contributed by atoms with van der Waals surface area (Å²) in [5.74, 6) is 0.250. The molecule has 2 heterocycles. The van der Waals surface area contributed by atoms with Gasteiger partial charge in [0.05, 0.1) is 13.2 Å². The Morgan fingerprint density at radius 3 is 2.38 bits per heavy atom. The first kappa shape index (κ1) is 22.8. The standard InChI is InChI=1S/C25H21Cl2N3O3S/c1-25-20(23(31)28-16-10-6-14(26)7-11-16)21(18-4-3-5-19(32-2)22(18)33-25)29-24(34)30(25)17-12-8-15(27)9-13-17/h3-13,20-21H,1-2H3,(H,28,31)(H,29,34)/t20-,21+,25+/m1/s1. The number of hydrogen-bond donors (Lipinski definition) is 2. The van der Waals surface area contributed by atoms with Crippen LogP contribution in [0.3, 0.4) is 0 Å². The summed E-state index contributed by atoms with van der Waals surface area (Å²) in [4.78, 5) is 15.6. The number of anilines is 2. The van der Waals surface area contributed by atoms with Crippen LogP contribution in [0.15, 0.2) is 66.7 Å². The predicted octanol–water partition coefficient (Wildman–Crippen LogP) is 5.80. The van der Waals surface area contributed by atoms with E-state index in [2.05, 4.69) is 10.6 Å². The van der Waals surface area contributed by atoms with Crippen LogP contribution in [0.4, 0.5) is 11.4 Å². The molecule has 1 amide bonds. The Morgan fingerprint density at radius 2 is 1.74 bits per heavy atom. The first-order valence-corrected chi connectivity index (χ1v) is 11.8. The number of para-hydroxylation sites is 1. The van der Waals surface area contributed by atoms with E-state index in [0.717, 1.165) is 11.3 Å². The molecule has 2 aliphatic heterocycles. The van der Waals surface area contributed by atoms with Crippen molar-refractivity contribution < 1.29 is 14.3 Å². The summed E-state index contributed by atoms with van der Waals surface area (Å²) >= 11 is 17.9. The van der Waals surface area contributed by atoms with Gasteiger partial charge in [-0.1, -0.05) is 35.3 Å². The molecule has 3 aromatic rings. The fourth-order valence-electron chi connectivity index (χ4n) is 4.66. The van der Waals surface area contributed by atoms with Gasteiger partial charge in [-0.3, -0.25) is 9.69 Å². The number of halogens is 2. The maximum absolute atomic E-state index is 13.8. The molecular formula is C25H21Cl2N3O3S. The van der Waals surface area contributed by atoms with Crippen molar-refractivity contribution in [3.8, 4) is 11.5 Å². The average Bonchev–Trinajstić information content (AvgIpc) is 2.81. The Hall–Kier alpha value is -3.00. The summed E-state index contributed by atoms with van der Waals surface area (Å²) in [5, 5.41) is 8.01. The molecule has 9 heteroatoms. The highest BCUT2D eigenvalue weighted by atomic mass is 35.5. The number of benzene rings is 3. The number of hydrogen-bond acceptors (Lipinski definition) is 4. The molecule has 174 valence electrons. The number of methoxy groups -OCH3 is 1. The van der Waals surface area contributed by atoms with Crippen LogP contribution in [0.2, 0.25) is 10.0 Å². The third-order valence-corrected chi connectivity index (χ3v) is 6.99. The van der Waals surface area contributed by atoms with Gasteiger partial charge in [0.15, 0.2) is 22.3 Å². The van der Waals surface area contributed by atoms with Gasteiger partial charge < -0.3 is 20.1 Å². The zero-order chi connectivity index (χ0) is 24.0. The quantitative estimate of drug-likeness (QED) is 0.429. The second-order valence-electron chi connectivity index (χ2n) is 8.25. The first-order chi connectivity index (χ1) is 16.3. The van der Waals surface area contributed by atoms with E-state index in [1.54, 1.807) is 43.5 Å². The number of carbonyl (C=O) groups is 1. The molecule has 1 saturated heterocycles. The molecule has 0 saturated carbocycles. The summed E-state index contributed by atoms with van der Waals surface area (Å²) in [7, 11) is 1.59. The van der Waals surface area contributed by atoms with Gasteiger partial charge in [-0.2, -0.15) is 0 Å². The van der Waals surface area contributed by atoms with E-state index in [1.807, 2.05) is 42.2 Å². The smallest absolute Gasteiger partial charge is 0.236 e. The number of rotatable bonds is 4. The molecule has 34 heavy (non-hydrogen) atoms. The maximum atomic E-state index is 13.8. The van der Waals surface area contributed by atoms with E-state index >= 15 is 0 Å². The van der Waals surface area contributed by atoms with Crippen LogP contribution in [0.5, 0.6) is 11.5 Å². The number of carbonyl (C=O) groups excluding carboxylic acids is 1. The Labute approximate surface area is 212 Å². The van der Waals surface area contributed by atoms with Gasteiger partial charge in [-0.05, 0) is 73.7 Å². The van der Waals surface area contributed by atoms with Gasteiger partial charge in [-0.15, -0.1) is 0 Å². The van der Waals surface area contributed by atoms with Crippen LogP contribution >= 0.6 is 35.4 Å². The number of amides is 1. The number of thiocarbonyl (C=S) groups is 1. The van der Waals surface area contributed by atoms with Crippen molar-refractivity contribution in [2.24, 2.45) is 5.92 Å². The van der Waals surface area contributed by atoms with Gasteiger partial charge in [0.1, 0.15) is 5.92 Å². The van der Waals surface area contributed by atoms with Crippen molar-refractivity contribution in [1.82, 2.24) is 5.32 Å². The summed E-state index contributed by atoms with van der Waals surface area (Å²) in [5.41, 5.74) is 1.00. The van der Waals surface area contributed by atoms with E-state index in [4.69, 9.17) is 44.9 Å². The minimum atomic E-state index is -1.17. The van der Waals surface area contributed by atoms with Crippen LogP contribution in [-0.2, 0) is 4.79 Å². The third-order valence-electron chi connectivity index (χ3n) is 6.19. The fourth-order valence-corrected chi connectivity index (χ4v) is 5.33. The molecule has 5 rings (SSSR count). The normalized spacial score (nSPS) is 22.8. The lowest BCUT2D eigenvalue weighted by Gasteiger charge is -2.56. The lowest BCUT2D eigenvalue weighted by atomic mass is 9.78. The molecule has 0 aliphatic carbocycles.